The van der Waals surface area contributed by atoms with Crippen molar-refractivity contribution in [3.8, 4) is 0 Å². The van der Waals surface area contributed by atoms with Crippen molar-refractivity contribution in [1.82, 2.24) is 10.2 Å². The van der Waals surface area contributed by atoms with Crippen LogP contribution in [0.3, 0.4) is 0 Å². The van der Waals surface area contributed by atoms with Crippen LogP contribution < -0.4 is 5.32 Å². The highest BCUT2D eigenvalue weighted by atomic mass is 16.6. The van der Waals surface area contributed by atoms with E-state index in [4.69, 9.17) is 4.74 Å². The van der Waals surface area contributed by atoms with Gasteiger partial charge in [0, 0.05) is 25.2 Å². The minimum atomic E-state index is -0.433. The summed E-state index contributed by atoms with van der Waals surface area (Å²) in [5.74, 6) is 0. The molecule has 23 heavy (non-hydrogen) atoms. The van der Waals surface area contributed by atoms with Crippen LogP contribution in [-0.4, -0.2) is 35.2 Å². The minimum Gasteiger partial charge on any atom is -0.444 e. The molecule has 1 aromatic rings. The first-order valence-electron chi connectivity index (χ1n) is 8.53. The Balaban J connectivity index is 1.83. The Morgan fingerprint density at radius 3 is 2.74 bits per heavy atom. The third-order valence-corrected chi connectivity index (χ3v) is 4.18. The highest BCUT2D eigenvalue weighted by Gasteiger charge is 2.31. The van der Waals surface area contributed by atoms with Gasteiger partial charge in [-0.25, -0.2) is 4.79 Å². The molecule has 1 heterocycles. The topological polar surface area (TPSA) is 41.6 Å². The monoisotopic (exact) mass is 318 g/mol. The zero-order valence-corrected chi connectivity index (χ0v) is 15.1. The van der Waals surface area contributed by atoms with Crippen molar-refractivity contribution in [3.63, 3.8) is 0 Å². The molecule has 0 aliphatic carbocycles. The number of amides is 1. The summed E-state index contributed by atoms with van der Waals surface area (Å²) < 4.78 is 5.49. The lowest BCUT2D eigenvalue weighted by molar-refractivity contribution is 0.00932. The fourth-order valence-corrected chi connectivity index (χ4v) is 3.03. The van der Waals surface area contributed by atoms with Crippen LogP contribution in [0.25, 0.3) is 0 Å². The van der Waals surface area contributed by atoms with Gasteiger partial charge in [-0.1, -0.05) is 29.8 Å². The van der Waals surface area contributed by atoms with Crippen molar-refractivity contribution in [1.29, 1.82) is 0 Å². The first-order chi connectivity index (χ1) is 10.7. The summed E-state index contributed by atoms with van der Waals surface area (Å²) in [4.78, 5) is 14.1. The average Bonchev–Trinajstić information content (AvgIpc) is 2.43. The van der Waals surface area contributed by atoms with E-state index in [1.807, 2.05) is 25.7 Å². The van der Waals surface area contributed by atoms with Gasteiger partial charge in [-0.15, -0.1) is 0 Å². The van der Waals surface area contributed by atoms with E-state index >= 15 is 0 Å². The summed E-state index contributed by atoms with van der Waals surface area (Å²) >= 11 is 0. The summed E-state index contributed by atoms with van der Waals surface area (Å²) in [5, 5.41) is 3.62. The Bertz CT molecular complexity index is 536. The number of hydrogen-bond acceptors (Lipinski definition) is 3. The van der Waals surface area contributed by atoms with Crippen molar-refractivity contribution in [2.45, 2.75) is 71.7 Å². The maximum Gasteiger partial charge on any atom is 0.410 e. The van der Waals surface area contributed by atoms with Gasteiger partial charge in [0.2, 0.25) is 0 Å². The van der Waals surface area contributed by atoms with Gasteiger partial charge in [-0.3, -0.25) is 0 Å². The van der Waals surface area contributed by atoms with Gasteiger partial charge >= 0.3 is 6.09 Å². The van der Waals surface area contributed by atoms with E-state index in [0.29, 0.717) is 6.04 Å². The van der Waals surface area contributed by atoms with Crippen molar-refractivity contribution in [2.75, 3.05) is 6.54 Å². The molecule has 2 atom stereocenters. The van der Waals surface area contributed by atoms with Gasteiger partial charge in [0.15, 0.2) is 0 Å². The highest BCUT2D eigenvalue weighted by molar-refractivity contribution is 5.68. The summed E-state index contributed by atoms with van der Waals surface area (Å²) in [6, 6.07) is 9.23. The Labute approximate surface area is 140 Å². The number of likely N-dealkylation sites (tertiary alicyclic amines) is 1. The number of nitrogens with one attached hydrogen (secondary N) is 1. The third kappa shape index (κ3) is 5.54. The van der Waals surface area contributed by atoms with E-state index in [1.54, 1.807) is 0 Å². The summed E-state index contributed by atoms with van der Waals surface area (Å²) in [5.41, 5.74) is 2.17. The van der Waals surface area contributed by atoms with Gasteiger partial charge in [-0.2, -0.15) is 0 Å². The van der Waals surface area contributed by atoms with Crippen LogP contribution in [0.1, 0.15) is 51.7 Å². The second kappa shape index (κ2) is 7.35. The van der Waals surface area contributed by atoms with Gasteiger partial charge in [0.05, 0.1) is 0 Å². The van der Waals surface area contributed by atoms with Crippen LogP contribution in [0.15, 0.2) is 24.3 Å². The summed E-state index contributed by atoms with van der Waals surface area (Å²) in [7, 11) is 0. The Morgan fingerprint density at radius 1 is 1.39 bits per heavy atom. The molecule has 1 amide bonds. The molecule has 0 aromatic heterocycles. The van der Waals surface area contributed by atoms with E-state index in [0.717, 1.165) is 25.9 Å². The maximum absolute atomic E-state index is 12.2. The van der Waals surface area contributed by atoms with Crippen molar-refractivity contribution >= 4 is 6.09 Å². The van der Waals surface area contributed by atoms with Crippen LogP contribution in [0, 0.1) is 6.92 Å². The molecule has 1 fully saturated rings. The Hall–Kier alpha value is -1.55. The summed E-state index contributed by atoms with van der Waals surface area (Å²) in [6.07, 6.45) is 1.74. The fourth-order valence-electron chi connectivity index (χ4n) is 3.03. The smallest absolute Gasteiger partial charge is 0.410 e. The molecule has 2 rings (SSSR count). The molecular formula is C19H30N2O2. The van der Waals surface area contributed by atoms with Crippen LogP contribution in [0.5, 0.6) is 0 Å². The SMILES string of the molecule is Cc1cccc(CNC2CCN(C(=O)OC(C)(C)C)C(C)C2)c1. The van der Waals surface area contributed by atoms with E-state index in [2.05, 4.69) is 43.4 Å². The average molecular weight is 318 g/mol. The maximum atomic E-state index is 12.2. The lowest BCUT2D eigenvalue weighted by Crippen LogP contribution is -2.50. The van der Waals surface area contributed by atoms with Gasteiger partial charge in [0.1, 0.15) is 5.60 Å². The predicted molar refractivity (Wildman–Crippen MR) is 93.4 cm³/mol. The van der Waals surface area contributed by atoms with Crippen molar-refractivity contribution < 1.29 is 9.53 Å². The standard InChI is InChI=1S/C19H30N2O2/c1-14-7-6-8-16(11-14)13-20-17-9-10-21(15(2)12-17)18(22)23-19(3,4)5/h6-8,11,15,17,20H,9-10,12-13H2,1-5H3. The molecule has 4 nitrogen and oxygen atoms in total. The molecule has 1 aliphatic rings. The molecule has 2 unspecified atom stereocenters. The first kappa shape index (κ1) is 17.8. The fraction of sp³-hybridized carbons (Fsp3) is 0.632. The number of benzene rings is 1. The van der Waals surface area contributed by atoms with E-state index in [1.165, 1.54) is 11.1 Å². The molecule has 1 aromatic carbocycles. The van der Waals surface area contributed by atoms with E-state index in [-0.39, 0.29) is 12.1 Å². The van der Waals surface area contributed by atoms with Crippen molar-refractivity contribution in [3.05, 3.63) is 35.4 Å². The molecule has 0 radical (unpaired) electrons. The van der Waals surface area contributed by atoms with Crippen LogP contribution in [-0.2, 0) is 11.3 Å². The van der Waals surface area contributed by atoms with E-state index < -0.39 is 5.60 Å². The largest absolute Gasteiger partial charge is 0.444 e. The molecule has 0 saturated carbocycles. The molecular weight excluding hydrogens is 288 g/mol. The number of piperidine rings is 1. The lowest BCUT2D eigenvalue weighted by Gasteiger charge is -2.38. The van der Waals surface area contributed by atoms with Crippen LogP contribution in [0.2, 0.25) is 0 Å². The Morgan fingerprint density at radius 2 is 2.13 bits per heavy atom. The lowest BCUT2D eigenvalue weighted by atomic mass is 9.98. The van der Waals surface area contributed by atoms with Gasteiger partial charge in [-0.05, 0) is 53.0 Å². The number of hydrogen-bond donors (Lipinski definition) is 1. The first-order valence-corrected chi connectivity index (χ1v) is 8.53. The number of nitrogens with zero attached hydrogens (tertiary/aromatic N) is 1. The molecule has 4 heteroatoms. The quantitative estimate of drug-likeness (QED) is 0.920. The molecule has 0 bridgehead atoms. The van der Waals surface area contributed by atoms with Crippen LogP contribution in [0.4, 0.5) is 4.79 Å². The third-order valence-electron chi connectivity index (χ3n) is 4.18. The second-order valence-corrected chi connectivity index (χ2v) is 7.61. The normalized spacial score (nSPS) is 22.0. The van der Waals surface area contributed by atoms with Gasteiger partial charge < -0.3 is 15.0 Å². The Kier molecular flexibility index (Phi) is 5.69. The number of carbonyl (C=O) groups excluding carboxylic acids is 1. The number of ether oxygens (including phenoxy) is 1. The number of aryl methyl sites for hydroxylation is 1. The zero-order valence-electron chi connectivity index (χ0n) is 15.1. The van der Waals surface area contributed by atoms with E-state index in [9.17, 15) is 4.79 Å². The highest BCUT2D eigenvalue weighted by Crippen LogP contribution is 2.21. The summed E-state index contributed by atoms with van der Waals surface area (Å²) in [6.45, 7) is 11.6. The predicted octanol–water partition coefficient (Wildman–Crippen LogP) is 3.87. The zero-order chi connectivity index (χ0) is 17.0. The molecule has 0 spiro atoms. The second-order valence-electron chi connectivity index (χ2n) is 7.61. The molecule has 128 valence electrons. The molecule has 1 aliphatic heterocycles. The van der Waals surface area contributed by atoms with Gasteiger partial charge in [0.25, 0.3) is 0 Å². The van der Waals surface area contributed by atoms with Crippen molar-refractivity contribution in [2.24, 2.45) is 0 Å². The minimum absolute atomic E-state index is 0.192. The number of carbonyl (C=O) groups is 1. The molecule has 1 saturated heterocycles. The number of rotatable bonds is 3. The van der Waals surface area contributed by atoms with Crippen LogP contribution >= 0.6 is 0 Å². The molecule has 1 N–H and O–H groups in total.